The van der Waals surface area contributed by atoms with Gasteiger partial charge < -0.3 is 4.74 Å². The summed E-state index contributed by atoms with van der Waals surface area (Å²) < 4.78 is 5.25. The standard InChI is InChI=1S/C11H22O2/c1-8(2)10(12)13-9(3)7-11(4,5)6/h8-9H,7H2,1-6H3/t9-/m1/s1. The fourth-order valence-corrected chi connectivity index (χ4v) is 1.24. The van der Waals surface area contributed by atoms with Gasteiger partial charge in [0, 0.05) is 0 Å². The van der Waals surface area contributed by atoms with E-state index in [9.17, 15) is 4.79 Å². The molecule has 0 aromatic rings. The summed E-state index contributed by atoms with van der Waals surface area (Å²) in [5.74, 6) is -0.126. The Hall–Kier alpha value is -0.530. The highest BCUT2D eigenvalue weighted by Crippen LogP contribution is 2.22. The summed E-state index contributed by atoms with van der Waals surface area (Å²) in [7, 11) is 0. The van der Waals surface area contributed by atoms with E-state index in [4.69, 9.17) is 4.74 Å². The SMILES string of the molecule is CC(C)C(=O)O[C@H](C)CC(C)(C)C. The Bertz CT molecular complexity index is 165. The van der Waals surface area contributed by atoms with Crippen molar-refractivity contribution in [3.63, 3.8) is 0 Å². The highest BCUT2D eigenvalue weighted by Gasteiger charge is 2.19. The topological polar surface area (TPSA) is 26.3 Å². The summed E-state index contributed by atoms with van der Waals surface area (Å²) in [6, 6.07) is 0. The summed E-state index contributed by atoms with van der Waals surface area (Å²) in [4.78, 5) is 11.2. The minimum atomic E-state index is -0.100. The van der Waals surface area contributed by atoms with E-state index < -0.39 is 0 Å². The van der Waals surface area contributed by atoms with Gasteiger partial charge in [0.05, 0.1) is 12.0 Å². The molecule has 0 radical (unpaired) electrons. The molecule has 0 spiro atoms. The van der Waals surface area contributed by atoms with Crippen LogP contribution in [0.25, 0.3) is 0 Å². The molecule has 1 atom stereocenters. The Morgan fingerprint density at radius 3 is 2.00 bits per heavy atom. The van der Waals surface area contributed by atoms with Crippen LogP contribution in [0.2, 0.25) is 0 Å². The molecule has 78 valence electrons. The maximum absolute atomic E-state index is 11.2. The minimum Gasteiger partial charge on any atom is -0.462 e. The molecule has 0 aliphatic carbocycles. The number of carbonyl (C=O) groups excluding carboxylic acids is 1. The molecular formula is C11H22O2. The lowest BCUT2D eigenvalue weighted by atomic mass is 9.90. The van der Waals surface area contributed by atoms with E-state index >= 15 is 0 Å². The zero-order chi connectivity index (χ0) is 10.6. The van der Waals surface area contributed by atoms with Crippen molar-refractivity contribution in [2.45, 2.75) is 54.1 Å². The average Bonchev–Trinajstić information content (AvgIpc) is 1.81. The van der Waals surface area contributed by atoms with Gasteiger partial charge in [0.25, 0.3) is 0 Å². The van der Waals surface area contributed by atoms with Gasteiger partial charge >= 0.3 is 5.97 Å². The van der Waals surface area contributed by atoms with Crippen LogP contribution in [0.4, 0.5) is 0 Å². The molecule has 0 unspecified atom stereocenters. The van der Waals surface area contributed by atoms with Gasteiger partial charge in [-0.3, -0.25) is 4.79 Å². The van der Waals surface area contributed by atoms with Crippen molar-refractivity contribution in [2.24, 2.45) is 11.3 Å². The Morgan fingerprint density at radius 2 is 1.69 bits per heavy atom. The summed E-state index contributed by atoms with van der Waals surface area (Å²) in [6.45, 7) is 12.1. The van der Waals surface area contributed by atoms with Crippen molar-refractivity contribution < 1.29 is 9.53 Å². The van der Waals surface area contributed by atoms with E-state index in [1.807, 2.05) is 20.8 Å². The van der Waals surface area contributed by atoms with Crippen LogP contribution in [0.3, 0.4) is 0 Å². The van der Waals surface area contributed by atoms with Crippen LogP contribution in [0.1, 0.15) is 48.0 Å². The maximum atomic E-state index is 11.2. The number of hydrogen-bond donors (Lipinski definition) is 0. The van der Waals surface area contributed by atoms with Gasteiger partial charge in [-0.1, -0.05) is 34.6 Å². The number of ether oxygens (including phenoxy) is 1. The molecule has 0 heterocycles. The zero-order valence-corrected chi connectivity index (χ0v) is 9.68. The van der Waals surface area contributed by atoms with Crippen molar-refractivity contribution in [3.05, 3.63) is 0 Å². The Balaban J connectivity index is 3.88. The van der Waals surface area contributed by atoms with Gasteiger partial charge in [-0.05, 0) is 18.8 Å². The Kier molecular flexibility index (Phi) is 4.45. The van der Waals surface area contributed by atoms with Crippen LogP contribution in [-0.4, -0.2) is 12.1 Å². The van der Waals surface area contributed by atoms with E-state index in [2.05, 4.69) is 20.8 Å². The molecule has 0 saturated heterocycles. The molecule has 0 rings (SSSR count). The summed E-state index contributed by atoms with van der Waals surface area (Å²) >= 11 is 0. The van der Waals surface area contributed by atoms with Gasteiger partial charge in [-0.25, -0.2) is 0 Å². The van der Waals surface area contributed by atoms with Gasteiger partial charge in [0.2, 0.25) is 0 Å². The molecule has 0 amide bonds. The molecule has 0 saturated carbocycles. The van der Waals surface area contributed by atoms with E-state index in [1.54, 1.807) is 0 Å². The molecule has 0 aliphatic heterocycles. The van der Waals surface area contributed by atoms with E-state index in [0.29, 0.717) is 0 Å². The van der Waals surface area contributed by atoms with Crippen LogP contribution in [0, 0.1) is 11.3 Å². The number of rotatable bonds is 3. The number of carbonyl (C=O) groups is 1. The monoisotopic (exact) mass is 186 g/mol. The third-order valence-corrected chi connectivity index (χ3v) is 1.69. The van der Waals surface area contributed by atoms with Crippen LogP contribution in [-0.2, 0) is 9.53 Å². The second-order valence-corrected chi connectivity index (χ2v) is 5.17. The molecule has 0 aromatic carbocycles. The van der Waals surface area contributed by atoms with Crippen LogP contribution in [0.5, 0.6) is 0 Å². The van der Waals surface area contributed by atoms with Crippen molar-refractivity contribution in [1.82, 2.24) is 0 Å². The average molecular weight is 186 g/mol. The predicted octanol–water partition coefficient (Wildman–Crippen LogP) is 3.01. The van der Waals surface area contributed by atoms with Gasteiger partial charge in [-0.15, -0.1) is 0 Å². The predicted molar refractivity (Wildman–Crippen MR) is 54.5 cm³/mol. The zero-order valence-electron chi connectivity index (χ0n) is 9.68. The van der Waals surface area contributed by atoms with E-state index in [-0.39, 0.29) is 23.4 Å². The fraction of sp³-hybridized carbons (Fsp3) is 0.909. The van der Waals surface area contributed by atoms with Crippen LogP contribution < -0.4 is 0 Å². The summed E-state index contributed by atoms with van der Waals surface area (Å²) in [5.41, 5.74) is 0.219. The summed E-state index contributed by atoms with van der Waals surface area (Å²) in [5, 5.41) is 0. The third-order valence-electron chi connectivity index (χ3n) is 1.69. The largest absolute Gasteiger partial charge is 0.462 e. The maximum Gasteiger partial charge on any atom is 0.308 e. The summed E-state index contributed by atoms with van der Waals surface area (Å²) in [6.07, 6.45) is 0.931. The third kappa shape index (κ3) is 6.62. The Labute approximate surface area is 81.7 Å². The second kappa shape index (κ2) is 4.64. The van der Waals surface area contributed by atoms with Crippen molar-refractivity contribution >= 4 is 5.97 Å². The highest BCUT2D eigenvalue weighted by atomic mass is 16.5. The first-order valence-electron chi connectivity index (χ1n) is 4.93. The molecular weight excluding hydrogens is 164 g/mol. The Morgan fingerprint density at radius 1 is 1.23 bits per heavy atom. The number of esters is 1. The molecule has 0 N–H and O–H groups in total. The lowest BCUT2D eigenvalue weighted by molar-refractivity contribution is -0.153. The van der Waals surface area contributed by atoms with Crippen molar-refractivity contribution in [2.75, 3.05) is 0 Å². The van der Waals surface area contributed by atoms with Crippen LogP contribution in [0.15, 0.2) is 0 Å². The minimum absolute atomic E-state index is 0.0231. The first kappa shape index (κ1) is 12.5. The molecule has 13 heavy (non-hydrogen) atoms. The van der Waals surface area contributed by atoms with E-state index in [0.717, 1.165) is 6.42 Å². The molecule has 0 bridgehead atoms. The lowest BCUT2D eigenvalue weighted by Crippen LogP contribution is -2.23. The smallest absolute Gasteiger partial charge is 0.308 e. The normalized spacial score (nSPS) is 14.4. The van der Waals surface area contributed by atoms with Crippen molar-refractivity contribution in [1.29, 1.82) is 0 Å². The molecule has 0 aromatic heterocycles. The van der Waals surface area contributed by atoms with Gasteiger partial charge in [-0.2, -0.15) is 0 Å². The van der Waals surface area contributed by atoms with Crippen LogP contribution >= 0.6 is 0 Å². The molecule has 0 fully saturated rings. The van der Waals surface area contributed by atoms with Crippen molar-refractivity contribution in [3.8, 4) is 0 Å². The number of hydrogen-bond acceptors (Lipinski definition) is 2. The van der Waals surface area contributed by atoms with E-state index in [1.165, 1.54) is 0 Å². The lowest BCUT2D eigenvalue weighted by Gasteiger charge is -2.23. The fourth-order valence-electron chi connectivity index (χ4n) is 1.24. The van der Waals surface area contributed by atoms with Gasteiger partial charge in [0.1, 0.15) is 0 Å². The molecule has 0 aliphatic rings. The van der Waals surface area contributed by atoms with Gasteiger partial charge in [0.15, 0.2) is 0 Å². The molecule has 2 nitrogen and oxygen atoms in total. The first-order valence-corrected chi connectivity index (χ1v) is 4.93. The quantitative estimate of drug-likeness (QED) is 0.633. The highest BCUT2D eigenvalue weighted by molar-refractivity contribution is 5.71. The second-order valence-electron chi connectivity index (χ2n) is 5.17. The first-order chi connectivity index (χ1) is 5.72. The molecule has 2 heteroatoms.